The number of azo groups is 1. The van der Waals surface area contributed by atoms with E-state index in [9.17, 15) is 5.11 Å². The lowest BCUT2D eigenvalue weighted by Crippen LogP contribution is -2.00. The van der Waals surface area contributed by atoms with E-state index in [-0.39, 0.29) is 5.75 Å². The molecule has 0 saturated heterocycles. The van der Waals surface area contributed by atoms with Gasteiger partial charge in [0.2, 0.25) is 0 Å². The molecule has 0 atom stereocenters. The molecule has 0 radical (unpaired) electrons. The van der Waals surface area contributed by atoms with E-state index in [0.717, 1.165) is 5.69 Å². The number of phenols is 1. The molecule has 1 aliphatic rings. The predicted octanol–water partition coefficient (Wildman–Crippen LogP) is 2.87. The van der Waals surface area contributed by atoms with Gasteiger partial charge in [-0.25, -0.2) is 4.68 Å². The van der Waals surface area contributed by atoms with Crippen molar-refractivity contribution in [2.24, 2.45) is 10.2 Å². The molecule has 8 nitrogen and oxygen atoms in total. The highest BCUT2D eigenvalue weighted by Gasteiger charge is 2.30. The van der Waals surface area contributed by atoms with Gasteiger partial charge in [-0.2, -0.15) is 0 Å². The number of phenolic OH excluding ortho intramolecular Hbond substituents is 1. The normalized spacial score (nSPS) is 12.1. The number of benzene rings is 2. The fraction of sp³-hybridized carbons (Fsp3) is 0.143. The summed E-state index contributed by atoms with van der Waals surface area (Å²) in [6, 6.07) is 6.62. The number of nitrogens with zero attached hydrogens (tertiary/aromatic N) is 5. The topological polar surface area (TPSA) is 94.1 Å². The van der Waals surface area contributed by atoms with Gasteiger partial charge in [0.05, 0.1) is 19.9 Å². The molecule has 0 aliphatic carbocycles. The standard InChI is InChI=1S/C14H11N5O3/c1-21-13-11-9(15-16-11)10-12(14(13)22-2)19(18-17-10)7-3-5-8(20)6-4-7/h3-6,20H,1-2H3. The maximum absolute atomic E-state index is 9.42. The van der Waals surface area contributed by atoms with E-state index in [1.165, 1.54) is 0 Å². The molecule has 0 unspecified atom stereocenters. The highest BCUT2D eigenvalue weighted by molar-refractivity contribution is 6.03. The van der Waals surface area contributed by atoms with Crippen molar-refractivity contribution in [3.8, 4) is 22.9 Å². The smallest absolute Gasteiger partial charge is 0.193 e. The molecule has 0 fully saturated rings. The summed E-state index contributed by atoms with van der Waals surface area (Å²) in [5, 5.41) is 25.7. The van der Waals surface area contributed by atoms with Gasteiger partial charge < -0.3 is 14.6 Å². The Hall–Kier alpha value is -3.16. The minimum absolute atomic E-state index is 0.176. The van der Waals surface area contributed by atoms with E-state index in [1.54, 1.807) is 43.2 Å². The zero-order valence-electron chi connectivity index (χ0n) is 11.8. The molecule has 2 aromatic carbocycles. The second kappa shape index (κ2) is 4.42. The lowest BCUT2D eigenvalue weighted by atomic mass is 10.1. The summed E-state index contributed by atoms with van der Waals surface area (Å²) in [4.78, 5) is 0. The van der Waals surface area contributed by atoms with Crippen molar-refractivity contribution in [3.05, 3.63) is 24.3 Å². The molecule has 0 bridgehead atoms. The first-order chi connectivity index (χ1) is 10.7. The minimum atomic E-state index is 0.176. The molecule has 4 rings (SSSR count). The summed E-state index contributed by atoms with van der Waals surface area (Å²) >= 11 is 0. The summed E-state index contributed by atoms with van der Waals surface area (Å²) in [5.74, 6) is 1.17. The quantitative estimate of drug-likeness (QED) is 0.627. The van der Waals surface area contributed by atoms with Gasteiger partial charge in [0.15, 0.2) is 17.2 Å². The lowest BCUT2D eigenvalue weighted by molar-refractivity contribution is 0.358. The number of ether oxygens (including phenoxy) is 2. The fourth-order valence-electron chi connectivity index (χ4n) is 2.48. The van der Waals surface area contributed by atoms with E-state index < -0.39 is 0 Å². The van der Waals surface area contributed by atoms with Crippen LogP contribution in [-0.4, -0.2) is 34.3 Å². The van der Waals surface area contributed by atoms with Gasteiger partial charge in [-0.05, 0) is 24.3 Å². The maximum Gasteiger partial charge on any atom is 0.193 e. The molecule has 0 amide bonds. The first kappa shape index (κ1) is 12.6. The largest absolute Gasteiger partial charge is 0.508 e. The summed E-state index contributed by atoms with van der Waals surface area (Å²) in [5.41, 5.74) is 3.22. The van der Waals surface area contributed by atoms with Gasteiger partial charge in [0, 0.05) is 0 Å². The van der Waals surface area contributed by atoms with Crippen LogP contribution in [0.25, 0.3) is 16.7 Å². The Morgan fingerprint density at radius 1 is 0.955 bits per heavy atom. The van der Waals surface area contributed by atoms with Crippen molar-refractivity contribution >= 4 is 22.4 Å². The van der Waals surface area contributed by atoms with Gasteiger partial charge in [-0.1, -0.05) is 5.21 Å². The average Bonchev–Trinajstić information content (AvgIpc) is 2.91. The van der Waals surface area contributed by atoms with Crippen LogP contribution in [0.3, 0.4) is 0 Å². The molecule has 0 saturated carbocycles. The Balaban J connectivity index is 2.06. The van der Waals surface area contributed by atoms with Crippen LogP contribution in [0, 0.1) is 0 Å². The maximum atomic E-state index is 9.42. The molecule has 1 N–H and O–H groups in total. The van der Waals surface area contributed by atoms with Gasteiger partial charge in [-0.3, -0.25) is 0 Å². The van der Waals surface area contributed by atoms with E-state index in [2.05, 4.69) is 20.5 Å². The second-order valence-corrected chi connectivity index (χ2v) is 4.68. The Kier molecular flexibility index (Phi) is 2.52. The van der Waals surface area contributed by atoms with Crippen molar-refractivity contribution in [2.45, 2.75) is 0 Å². The molecule has 3 aromatic rings. The minimum Gasteiger partial charge on any atom is -0.508 e. The highest BCUT2D eigenvalue weighted by Crippen LogP contribution is 2.55. The van der Waals surface area contributed by atoms with Crippen molar-refractivity contribution in [2.75, 3.05) is 14.2 Å². The van der Waals surface area contributed by atoms with Crippen LogP contribution >= 0.6 is 0 Å². The van der Waals surface area contributed by atoms with Crippen LogP contribution in [0.4, 0.5) is 11.4 Å². The average molecular weight is 297 g/mol. The molecular weight excluding hydrogens is 286 g/mol. The number of methoxy groups -OCH3 is 2. The molecule has 8 heteroatoms. The third kappa shape index (κ3) is 1.51. The third-order valence-electron chi connectivity index (χ3n) is 3.51. The van der Waals surface area contributed by atoms with Gasteiger partial charge in [0.1, 0.15) is 22.5 Å². The van der Waals surface area contributed by atoms with Crippen LogP contribution in [0.2, 0.25) is 0 Å². The first-order valence-corrected chi connectivity index (χ1v) is 6.49. The first-order valence-electron chi connectivity index (χ1n) is 6.49. The number of hydrogen-bond acceptors (Lipinski definition) is 7. The lowest BCUT2D eigenvalue weighted by Gasteiger charge is -2.16. The Morgan fingerprint density at radius 2 is 1.64 bits per heavy atom. The molecule has 2 heterocycles. The van der Waals surface area contributed by atoms with Gasteiger partial charge in [-0.15, -0.1) is 15.3 Å². The molecular formula is C14H11N5O3. The summed E-state index contributed by atoms with van der Waals surface area (Å²) in [6.45, 7) is 0. The second-order valence-electron chi connectivity index (χ2n) is 4.68. The van der Waals surface area contributed by atoms with Crippen LogP contribution < -0.4 is 9.47 Å². The van der Waals surface area contributed by atoms with Crippen LogP contribution in [0.1, 0.15) is 0 Å². The van der Waals surface area contributed by atoms with Crippen LogP contribution in [-0.2, 0) is 0 Å². The van der Waals surface area contributed by atoms with Crippen molar-refractivity contribution in [1.29, 1.82) is 0 Å². The van der Waals surface area contributed by atoms with Crippen LogP contribution in [0.5, 0.6) is 17.2 Å². The highest BCUT2D eigenvalue weighted by atomic mass is 16.5. The van der Waals surface area contributed by atoms with E-state index in [1.807, 2.05) is 0 Å². The van der Waals surface area contributed by atoms with E-state index >= 15 is 0 Å². The van der Waals surface area contributed by atoms with E-state index in [0.29, 0.717) is 33.9 Å². The van der Waals surface area contributed by atoms with Crippen LogP contribution in [0.15, 0.2) is 34.5 Å². The number of fused-ring (bicyclic) bond motifs is 3. The number of rotatable bonds is 3. The SMILES string of the molecule is COc1c2c(c3nnn(-c4ccc(O)cc4)c3c1OC)N=N2. The van der Waals surface area contributed by atoms with Gasteiger partial charge in [0.25, 0.3) is 0 Å². The third-order valence-corrected chi connectivity index (χ3v) is 3.51. The Bertz CT molecular complexity index is 915. The fourth-order valence-corrected chi connectivity index (χ4v) is 2.48. The summed E-state index contributed by atoms with van der Waals surface area (Å²) < 4.78 is 12.5. The number of aromatic nitrogens is 3. The molecule has 110 valence electrons. The number of aromatic hydroxyl groups is 1. The molecule has 1 aromatic heterocycles. The van der Waals surface area contributed by atoms with Crippen molar-refractivity contribution in [1.82, 2.24) is 15.0 Å². The molecule has 0 spiro atoms. The molecule has 1 aliphatic heterocycles. The van der Waals surface area contributed by atoms with Crippen molar-refractivity contribution in [3.63, 3.8) is 0 Å². The monoisotopic (exact) mass is 297 g/mol. The predicted molar refractivity (Wildman–Crippen MR) is 77.8 cm³/mol. The Labute approximate surface area is 124 Å². The Morgan fingerprint density at radius 3 is 2.23 bits per heavy atom. The summed E-state index contributed by atoms with van der Waals surface area (Å²) in [7, 11) is 3.10. The molecule has 22 heavy (non-hydrogen) atoms. The number of hydrogen-bond donors (Lipinski definition) is 1. The van der Waals surface area contributed by atoms with Crippen molar-refractivity contribution < 1.29 is 14.6 Å². The van der Waals surface area contributed by atoms with E-state index in [4.69, 9.17) is 9.47 Å². The zero-order chi connectivity index (χ0) is 15.3. The van der Waals surface area contributed by atoms with Gasteiger partial charge >= 0.3 is 0 Å². The summed E-state index contributed by atoms with van der Waals surface area (Å²) in [6.07, 6.45) is 0. The zero-order valence-corrected chi connectivity index (χ0v) is 11.8.